The van der Waals surface area contributed by atoms with Crippen molar-refractivity contribution in [1.82, 2.24) is 4.98 Å². The molecule has 0 unspecified atom stereocenters. The molecule has 1 aromatic heterocycles. The molecule has 1 rings (SSSR count). The Balaban J connectivity index is 3.46. The third kappa shape index (κ3) is 2.60. The van der Waals surface area contributed by atoms with Crippen molar-refractivity contribution >= 4 is 39.4 Å². The van der Waals surface area contributed by atoms with Gasteiger partial charge in [-0.1, -0.05) is 0 Å². The molecule has 0 bridgehead atoms. The van der Waals surface area contributed by atoms with Gasteiger partial charge in [0, 0.05) is 0 Å². The van der Waals surface area contributed by atoms with Crippen LogP contribution in [0.4, 0.5) is 8.78 Å². The van der Waals surface area contributed by atoms with E-state index < -0.39 is 17.4 Å². The van der Waals surface area contributed by atoms with Crippen molar-refractivity contribution in [3.05, 3.63) is 26.6 Å². The zero-order valence-corrected chi connectivity index (χ0v) is 9.88. The molecule has 0 aliphatic carbocycles. The van der Waals surface area contributed by atoms with E-state index >= 15 is 0 Å². The van der Waals surface area contributed by atoms with Crippen LogP contribution in [-0.2, 0) is 0 Å². The monoisotopic (exact) mass is 342 g/mol. The van der Waals surface area contributed by atoms with Gasteiger partial charge in [-0.15, -0.1) is 0 Å². The fourth-order valence-electron chi connectivity index (χ4n) is 0.920. The first kappa shape index (κ1) is 12.3. The molecular formula is C8H2ClF2IN2O. The van der Waals surface area contributed by atoms with Crippen LogP contribution in [0.2, 0.25) is 0 Å². The van der Waals surface area contributed by atoms with Crippen LogP contribution in [0.3, 0.4) is 0 Å². The van der Waals surface area contributed by atoms with E-state index in [0.717, 1.165) is 6.07 Å². The molecule has 0 N–H and O–H groups in total. The molecule has 0 saturated carbocycles. The maximum Gasteiger partial charge on any atom is 0.280 e. The number of carbonyl (C=O) groups is 1. The fraction of sp³-hybridized carbons (Fsp3) is 0.125. The third-order valence-corrected chi connectivity index (χ3v) is 2.51. The molecule has 78 valence electrons. The van der Waals surface area contributed by atoms with Crippen molar-refractivity contribution < 1.29 is 13.6 Å². The Morgan fingerprint density at radius 1 is 1.67 bits per heavy atom. The number of nitriles is 1. The number of halogens is 4. The molecule has 0 atom stereocenters. The van der Waals surface area contributed by atoms with Crippen LogP contribution in [0.5, 0.6) is 0 Å². The van der Waals surface area contributed by atoms with Crippen LogP contribution in [0.15, 0.2) is 6.07 Å². The van der Waals surface area contributed by atoms with Gasteiger partial charge in [0.2, 0.25) is 0 Å². The second-order valence-electron chi connectivity index (χ2n) is 2.45. The summed E-state index contributed by atoms with van der Waals surface area (Å²) < 4.78 is 24.6. The molecule has 0 aliphatic heterocycles. The average Bonchev–Trinajstić information content (AvgIpc) is 2.15. The Labute approximate surface area is 102 Å². The van der Waals surface area contributed by atoms with Crippen LogP contribution in [-0.4, -0.2) is 10.2 Å². The van der Waals surface area contributed by atoms with E-state index in [4.69, 9.17) is 16.9 Å². The van der Waals surface area contributed by atoms with Gasteiger partial charge < -0.3 is 0 Å². The van der Waals surface area contributed by atoms with Crippen molar-refractivity contribution in [3.63, 3.8) is 0 Å². The summed E-state index contributed by atoms with van der Waals surface area (Å²) in [5, 5.41) is 7.78. The minimum Gasteiger partial charge on any atom is -0.275 e. The summed E-state index contributed by atoms with van der Waals surface area (Å²) in [7, 11) is 0. The lowest BCUT2D eigenvalue weighted by Crippen LogP contribution is -2.04. The van der Waals surface area contributed by atoms with Gasteiger partial charge in [-0.25, -0.2) is 13.8 Å². The molecule has 0 aliphatic rings. The third-order valence-electron chi connectivity index (χ3n) is 1.54. The zero-order valence-electron chi connectivity index (χ0n) is 6.97. The van der Waals surface area contributed by atoms with Crippen molar-refractivity contribution in [3.8, 4) is 6.07 Å². The van der Waals surface area contributed by atoms with Crippen LogP contribution in [0, 0.1) is 15.0 Å². The molecule has 15 heavy (non-hydrogen) atoms. The van der Waals surface area contributed by atoms with Gasteiger partial charge in [-0.2, -0.15) is 5.26 Å². The number of hydrogen-bond donors (Lipinski definition) is 0. The van der Waals surface area contributed by atoms with Gasteiger partial charge in [-0.05, 0) is 40.3 Å². The first-order valence-corrected chi connectivity index (χ1v) is 5.01. The molecular weight excluding hydrogens is 340 g/mol. The molecule has 0 saturated heterocycles. The number of aromatic nitrogens is 1. The summed E-state index contributed by atoms with van der Waals surface area (Å²) in [6.45, 7) is 0. The van der Waals surface area contributed by atoms with Crippen molar-refractivity contribution in [2.45, 2.75) is 6.43 Å². The summed E-state index contributed by atoms with van der Waals surface area (Å²) in [5.74, 6) is 0. The highest BCUT2D eigenvalue weighted by molar-refractivity contribution is 14.1. The van der Waals surface area contributed by atoms with Crippen LogP contribution < -0.4 is 0 Å². The summed E-state index contributed by atoms with van der Waals surface area (Å²) in [6.07, 6.45) is -2.79. The van der Waals surface area contributed by atoms with Crippen molar-refractivity contribution in [2.75, 3.05) is 0 Å². The van der Waals surface area contributed by atoms with E-state index in [1.165, 1.54) is 0 Å². The van der Waals surface area contributed by atoms with Gasteiger partial charge in [0.15, 0.2) is 0 Å². The SMILES string of the molecule is N#Cc1cc(C(F)F)nc(I)c1C(=O)Cl. The molecule has 0 fully saturated rings. The largest absolute Gasteiger partial charge is 0.280 e. The predicted octanol–water partition coefficient (Wildman–Crippen LogP) is 2.87. The van der Waals surface area contributed by atoms with E-state index in [2.05, 4.69) is 4.98 Å². The Morgan fingerprint density at radius 3 is 2.67 bits per heavy atom. The van der Waals surface area contributed by atoms with Gasteiger partial charge in [-0.3, -0.25) is 4.79 Å². The van der Waals surface area contributed by atoms with Gasteiger partial charge in [0.05, 0.1) is 11.1 Å². The van der Waals surface area contributed by atoms with Gasteiger partial charge in [0.1, 0.15) is 15.5 Å². The normalized spacial score (nSPS) is 10.1. The van der Waals surface area contributed by atoms with E-state index in [0.29, 0.717) is 0 Å². The first-order chi connectivity index (χ1) is 6.97. The maximum absolute atomic E-state index is 12.3. The first-order valence-electron chi connectivity index (χ1n) is 3.56. The Kier molecular flexibility index (Phi) is 3.93. The molecule has 0 spiro atoms. The second-order valence-corrected chi connectivity index (χ2v) is 3.81. The van der Waals surface area contributed by atoms with Crippen molar-refractivity contribution in [1.29, 1.82) is 5.26 Å². The fourth-order valence-corrected chi connectivity index (χ4v) is 2.08. The predicted molar refractivity (Wildman–Crippen MR) is 56.8 cm³/mol. The van der Waals surface area contributed by atoms with Crippen molar-refractivity contribution in [2.24, 2.45) is 0 Å². The van der Waals surface area contributed by atoms with E-state index in [9.17, 15) is 13.6 Å². The number of nitrogens with zero attached hydrogens (tertiary/aromatic N) is 2. The minimum atomic E-state index is -2.79. The Hall–Kier alpha value is -0.810. The number of hydrogen-bond acceptors (Lipinski definition) is 3. The number of alkyl halides is 2. The standard InChI is InChI=1S/C8H2ClF2IN2O/c9-6(15)5-3(2-13)1-4(7(10)11)14-8(5)12/h1,7H. The van der Waals surface area contributed by atoms with E-state index in [-0.39, 0.29) is 14.8 Å². The highest BCUT2D eigenvalue weighted by atomic mass is 127. The maximum atomic E-state index is 12.3. The number of carbonyl (C=O) groups excluding carboxylic acids is 1. The Morgan fingerprint density at radius 2 is 2.27 bits per heavy atom. The molecule has 0 amide bonds. The van der Waals surface area contributed by atoms with Gasteiger partial charge in [0.25, 0.3) is 11.7 Å². The molecule has 1 aromatic rings. The molecule has 0 radical (unpaired) electrons. The lowest BCUT2D eigenvalue weighted by Gasteiger charge is -2.04. The smallest absolute Gasteiger partial charge is 0.275 e. The highest BCUT2D eigenvalue weighted by Gasteiger charge is 2.19. The zero-order chi connectivity index (χ0) is 11.6. The molecule has 7 heteroatoms. The highest BCUT2D eigenvalue weighted by Crippen LogP contribution is 2.23. The summed E-state index contributed by atoms with van der Waals surface area (Å²) in [5.41, 5.74) is -0.869. The number of pyridine rings is 1. The molecule has 1 heterocycles. The van der Waals surface area contributed by atoms with E-state index in [1.54, 1.807) is 28.7 Å². The van der Waals surface area contributed by atoms with Crippen LogP contribution >= 0.6 is 34.2 Å². The number of rotatable bonds is 2. The lowest BCUT2D eigenvalue weighted by molar-refractivity contribution is 0.107. The van der Waals surface area contributed by atoms with Gasteiger partial charge >= 0.3 is 0 Å². The van der Waals surface area contributed by atoms with Crippen LogP contribution in [0.25, 0.3) is 0 Å². The second kappa shape index (κ2) is 4.81. The Bertz CT molecular complexity index is 459. The minimum absolute atomic E-state index is 0.00181. The molecule has 3 nitrogen and oxygen atoms in total. The van der Waals surface area contributed by atoms with Crippen LogP contribution in [0.1, 0.15) is 28.0 Å². The lowest BCUT2D eigenvalue weighted by atomic mass is 10.1. The molecule has 0 aromatic carbocycles. The average molecular weight is 342 g/mol. The summed E-state index contributed by atoms with van der Waals surface area (Å²) in [6, 6.07) is 2.49. The quantitative estimate of drug-likeness (QED) is 0.472. The topological polar surface area (TPSA) is 53.8 Å². The van der Waals surface area contributed by atoms with E-state index in [1.807, 2.05) is 0 Å². The summed E-state index contributed by atoms with van der Waals surface area (Å²) in [4.78, 5) is 14.4. The summed E-state index contributed by atoms with van der Waals surface area (Å²) >= 11 is 6.78.